The summed E-state index contributed by atoms with van der Waals surface area (Å²) < 4.78 is 0. The van der Waals surface area contributed by atoms with E-state index in [0.717, 1.165) is 0 Å². The van der Waals surface area contributed by atoms with E-state index in [2.05, 4.69) is 0 Å². The standard InChI is InChI=1S/Na.4H2O.Zn.H/h;4*1H2;;/q+1;;;;;;-1. The van der Waals surface area contributed by atoms with Gasteiger partial charge in [-0.15, -0.1) is 0 Å². The summed E-state index contributed by atoms with van der Waals surface area (Å²) in [6, 6.07) is 0. The van der Waals surface area contributed by atoms with Gasteiger partial charge in [0.15, 0.2) is 0 Å². The molecule has 6 heavy (non-hydrogen) atoms. The number of hydrogen-bond acceptors (Lipinski definition) is 0. The maximum absolute atomic E-state index is 0. The minimum atomic E-state index is 0. The van der Waals surface area contributed by atoms with E-state index in [0.29, 0.717) is 0 Å². The molecule has 0 aromatic carbocycles. The molecule has 0 aromatic rings. The van der Waals surface area contributed by atoms with Crippen LogP contribution in [0.5, 0.6) is 0 Å². The van der Waals surface area contributed by atoms with E-state index in [4.69, 9.17) is 0 Å². The molecule has 0 saturated heterocycles. The fraction of sp³-hybridized carbons (Fsp3) is 0. The molecule has 0 aliphatic rings. The van der Waals surface area contributed by atoms with Gasteiger partial charge in [0.2, 0.25) is 0 Å². The average molecular weight is 161 g/mol. The maximum atomic E-state index is 0. The van der Waals surface area contributed by atoms with Crippen molar-refractivity contribution < 1.29 is 72.4 Å². The Morgan fingerprint density at radius 3 is 0.667 bits per heavy atom. The molecule has 0 aliphatic heterocycles. The molecule has 0 spiro atoms. The van der Waals surface area contributed by atoms with E-state index in [1.165, 1.54) is 0 Å². The second kappa shape index (κ2) is 90.1. The van der Waals surface area contributed by atoms with E-state index in [1.54, 1.807) is 0 Å². The molecule has 36 valence electrons. The second-order valence-corrected chi connectivity index (χ2v) is 0. The Kier molecular flexibility index (Phi) is 2190. The molecule has 0 aromatic heterocycles. The average Bonchev–Trinajstić information content (AvgIpc) is 0. The van der Waals surface area contributed by atoms with Crippen LogP contribution in [0.15, 0.2) is 0 Å². The zero-order valence-corrected chi connectivity index (χ0v) is 8.67. The molecule has 0 saturated carbocycles. The van der Waals surface area contributed by atoms with E-state index in [-0.39, 0.29) is 72.4 Å². The molecule has 4 nitrogen and oxygen atoms in total. The quantitative estimate of drug-likeness (QED) is 0.314. The van der Waals surface area contributed by atoms with Gasteiger partial charge in [-0.3, -0.25) is 0 Å². The van der Waals surface area contributed by atoms with Gasteiger partial charge in [0.05, 0.1) is 0 Å². The van der Waals surface area contributed by atoms with Gasteiger partial charge in [0.25, 0.3) is 0 Å². The van der Waals surface area contributed by atoms with Crippen LogP contribution in [0.25, 0.3) is 0 Å². The molecule has 0 atom stereocenters. The Labute approximate surface area is 72.1 Å². The van der Waals surface area contributed by atoms with Crippen molar-refractivity contribution in [2.45, 2.75) is 0 Å². The van der Waals surface area contributed by atoms with E-state index in [9.17, 15) is 0 Å². The van der Waals surface area contributed by atoms with Gasteiger partial charge in [0, 0.05) is 19.5 Å². The van der Waals surface area contributed by atoms with Gasteiger partial charge in [-0.1, -0.05) is 0 Å². The predicted molar refractivity (Wildman–Crippen MR) is 15.6 cm³/mol. The van der Waals surface area contributed by atoms with Crippen molar-refractivity contribution >= 4 is 0 Å². The first-order valence-electron chi connectivity index (χ1n) is 0. The van der Waals surface area contributed by atoms with Gasteiger partial charge in [-0.05, 0) is 0 Å². The molecule has 0 radical (unpaired) electrons. The van der Waals surface area contributed by atoms with Gasteiger partial charge in [-0.2, -0.15) is 0 Å². The summed E-state index contributed by atoms with van der Waals surface area (Å²) in [4.78, 5) is 0. The third-order valence-corrected chi connectivity index (χ3v) is 0. The third kappa shape index (κ3) is 50.8. The van der Waals surface area contributed by atoms with Crippen LogP contribution < -0.4 is 29.6 Å². The fourth-order valence-corrected chi connectivity index (χ4v) is 0. The predicted octanol–water partition coefficient (Wildman–Crippen LogP) is -6.18. The van der Waals surface area contributed by atoms with Crippen molar-refractivity contribution in [2.24, 2.45) is 0 Å². The zero-order valence-electron chi connectivity index (χ0n) is 4.71. The van der Waals surface area contributed by atoms with Crippen molar-refractivity contribution in [3.63, 3.8) is 0 Å². The summed E-state index contributed by atoms with van der Waals surface area (Å²) in [7, 11) is 0. The Morgan fingerprint density at radius 1 is 0.667 bits per heavy atom. The first kappa shape index (κ1) is 146. The Morgan fingerprint density at radius 2 is 0.667 bits per heavy atom. The van der Waals surface area contributed by atoms with Crippen molar-refractivity contribution in [3.8, 4) is 0 Å². The molecule has 0 rings (SSSR count). The Balaban J connectivity index is 0. The van der Waals surface area contributed by atoms with Crippen LogP contribution >= 0.6 is 0 Å². The van der Waals surface area contributed by atoms with Gasteiger partial charge in [-0.25, -0.2) is 0 Å². The summed E-state index contributed by atoms with van der Waals surface area (Å²) >= 11 is 0. The van der Waals surface area contributed by atoms with Crippen LogP contribution in [-0.4, -0.2) is 21.9 Å². The Hall–Kier alpha value is 1.46. The molecule has 0 amide bonds. The normalized spacial score (nSPS) is 0. The summed E-state index contributed by atoms with van der Waals surface area (Å²) in [5.74, 6) is 0. The molecule has 0 aliphatic carbocycles. The van der Waals surface area contributed by atoms with Gasteiger partial charge < -0.3 is 23.3 Å². The smallest absolute Gasteiger partial charge is 1.00 e. The molecular weight excluding hydrogens is 152 g/mol. The monoisotopic (exact) mass is 160 g/mol. The minimum Gasteiger partial charge on any atom is -1.00 e. The molecule has 0 bridgehead atoms. The van der Waals surface area contributed by atoms with Crippen LogP contribution in [0.4, 0.5) is 0 Å². The van der Waals surface area contributed by atoms with Crippen LogP contribution in [0.1, 0.15) is 1.43 Å². The molecule has 0 heterocycles. The van der Waals surface area contributed by atoms with Crippen LogP contribution in [0, 0.1) is 0 Å². The topological polar surface area (TPSA) is 126 Å². The molecular formula is H9NaO4Zn. The minimum absolute atomic E-state index is 0. The van der Waals surface area contributed by atoms with Crippen LogP contribution in [0.2, 0.25) is 0 Å². The fourth-order valence-electron chi connectivity index (χ4n) is 0. The van der Waals surface area contributed by atoms with Crippen molar-refractivity contribution in [1.29, 1.82) is 0 Å². The van der Waals surface area contributed by atoms with Crippen LogP contribution in [0.3, 0.4) is 0 Å². The SMILES string of the molecule is O.O.O.O.[H-].[Na+].[Zn]. The number of hydrogen-bond donors (Lipinski definition) is 0. The largest absolute Gasteiger partial charge is 1.00 e. The molecule has 0 fully saturated rings. The molecule has 8 N–H and O–H groups in total. The second-order valence-electron chi connectivity index (χ2n) is 0. The van der Waals surface area contributed by atoms with Gasteiger partial charge in [0.1, 0.15) is 0 Å². The summed E-state index contributed by atoms with van der Waals surface area (Å²) in [6.07, 6.45) is 0. The maximum Gasteiger partial charge on any atom is 1.00 e. The molecule has 0 unspecified atom stereocenters. The van der Waals surface area contributed by atoms with Crippen molar-refractivity contribution in [2.75, 3.05) is 0 Å². The van der Waals surface area contributed by atoms with Crippen molar-refractivity contribution in [1.82, 2.24) is 0 Å². The summed E-state index contributed by atoms with van der Waals surface area (Å²) in [5, 5.41) is 0. The summed E-state index contributed by atoms with van der Waals surface area (Å²) in [5.41, 5.74) is 0. The summed E-state index contributed by atoms with van der Waals surface area (Å²) in [6.45, 7) is 0. The third-order valence-electron chi connectivity index (χ3n) is 0. The van der Waals surface area contributed by atoms with E-state index < -0.39 is 0 Å². The van der Waals surface area contributed by atoms with E-state index >= 15 is 0 Å². The first-order chi connectivity index (χ1) is 0. The zero-order chi connectivity index (χ0) is 0. The first-order valence-corrected chi connectivity index (χ1v) is 0. The van der Waals surface area contributed by atoms with E-state index in [1.807, 2.05) is 0 Å². The Bertz CT molecular complexity index is 11.7. The number of rotatable bonds is 0. The molecule has 6 heteroatoms. The van der Waals surface area contributed by atoms with Gasteiger partial charge >= 0.3 is 29.6 Å². The van der Waals surface area contributed by atoms with Crippen molar-refractivity contribution in [3.05, 3.63) is 0 Å². The van der Waals surface area contributed by atoms with Crippen LogP contribution in [-0.2, 0) is 19.5 Å².